The van der Waals surface area contributed by atoms with Crippen LogP contribution in [0.1, 0.15) is 33.1 Å². The van der Waals surface area contributed by atoms with Gasteiger partial charge in [0.25, 0.3) is 0 Å². The van der Waals surface area contributed by atoms with E-state index in [1.54, 1.807) is 0 Å². The summed E-state index contributed by atoms with van der Waals surface area (Å²) in [6.07, 6.45) is 2.74. The second-order valence-corrected chi connectivity index (χ2v) is 7.35. The molecule has 21 heavy (non-hydrogen) atoms. The number of carbonyl (C=O) groups excluding carboxylic acids is 2. The van der Waals surface area contributed by atoms with Crippen molar-refractivity contribution in [1.82, 2.24) is 0 Å². The smallest absolute Gasteiger partial charge is 0.315 e. The Kier molecular flexibility index (Phi) is 2.46. The monoisotopic (exact) mass is 292 g/mol. The maximum atomic E-state index is 12.4. The first-order chi connectivity index (χ1) is 9.87. The molecule has 0 bridgehead atoms. The van der Waals surface area contributed by atoms with Crippen LogP contribution in [0.3, 0.4) is 0 Å². The van der Waals surface area contributed by atoms with Gasteiger partial charge in [0.1, 0.15) is 12.7 Å². The summed E-state index contributed by atoms with van der Waals surface area (Å²) < 4.78 is 10.7. The molecule has 2 aliphatic carbocycles. The van der Waals surface area contributed by atoms with E-state index in [-0.39, 0.29) is 35.3 Å². The highest BCUT2D eigenvalue weighted by Crippen LogP contribution is 2.64. The van der Waals surface area contributed by atoms with Crippen LogP contribution in [0.5, 0.6) is 0 Å². The second kappa shape index (κ2) is 3.88. The average Bonchev–Trinajstić information content (AvgIpc) is 2.70. The van der Waals surface area contributed by atoms with Gasteiger partial charge in [-0.3, -0.25) is 9.59 Å². The molecule has 2 aliphatic heterocycles. The van der Waals surface area contributed by atoms with Gasteiger partial charge in [-0.25, -0.2) is 0 Å². The van der Waals surface area contributed by atoms with Gasteiger partial charge in [-0.05, 0) is 42.7 Å². The summed E-state index contributed by atoms with van der Waals surface area (Å²) in [5.74, 6) is -0.448. The molecule has 1 N–H and O–H groups in total. The number of cyclic esters (lactones) is 1. The Morgan fingerprint density at radius 2 is 2.10 bits per heavy atom. The molecule has 5 nitrogen and oxygen atoms in total. The second-order valence-electron chi connectivity index (χ2n) is 7.35. The van der Waals surface area contributed by atoms with Crippen molar-refractivity contribution in [3.8, 4) is 0 Å². The van der Waals surface area contributed by atoms with E-state index in [0.29, 0.717) is 19.4 Å². The zero-order chi connectivity index (χ0) is 15.0. The number of ether oxygens (including phenoxy) is 2. The van der Waals surface area contributed by atoms with Gasteiger partial charge in [-0.1, -0.05) is 6.92 Å². The number of rotatable bonds is 0. The standard InChI is InChI=1S/C16H20O5/c1-15-4-3-11(17)16(2)13(15)10(21-14(16)19)5-8-7-20-12(18)6-9(8)15/h5,9-11,13,17H,3-4,6-7H2,1-2H3/t9-,10+,11-,13+,15+,16-/m0/s1. The quantitative estimate of drug-likeness (QED) is 0.536. The number of hydrogen-bond donors (Lipinski definition) is 1. The lowest BCUT2D eigenvalue weighted by Gasteiger charge is -2.56. The Balaban J connectivity index is 1.86. The van der Waals surface area contributed by atoms with Crippen LogP contribution >= 0.6 is 0 Å². The predicted molar refractivity (Wildman–Crippen MR) is 72.0 cm³/mol. The molecule has 6 atom stereocenters. The third kappa shape index (κ3) is 1.45. The highest BCUT2D eigenvalue weighted by molar-refractivity contribution is 5.81. The molecule has 0 spiro atoms. The van der Waals surface area contributed by atoms with Crippen molar-refractivity contribution in [3.63, 3.8) is 0 Å². The van der Waals surface area contributed by atoms with Crippen molar-refractivity contribution in [2.45, 2.75) is 45.3 Å². The van der Waals surface area contributed by atoms with E-state index in [1.165, 1.54) is 0 Å². The van der Waals surface area contributed by atoms with Crippen molar-refractivity contribution in [2.24, 2.45) is 22.7 Å². The van der Waals surface area contributed by atoms with Gasteiger partial charge in [0.2, 0.25) is 0 Å². The van der Waals surface area contributed by atoms with Crippen LogP contribution in [-0.2, 0) is 19.1 Å². The third-order valence-corrected chi connectivity index (χ3v) is 6.41. The molecule has 0 aromatic heterocycles. The van der Waals surface area contributed by atoms with Crippen LogP contribution in [0.2, 0.25) is 0 Å². The van der Waals surface area contributed by atoms with Gasteiger partial charge in [0.05, 0.1) is 17.9 Å². The largest absolute Gasteiger partial charge is 0.461 e. The highest BCUT2D eigenvalue weighted by Gasteiger charge is 2.69. The van der Waals surface area contributed by atoms with Gasteiger partial charge in [-0.15, -0.1) is 0 Å². The molecule has 1 saturated carbocycles. The number of carbonyl (C=O) groups is 2. The lowest BCUT2D eigenvalue weighted by Crippen LogP contribution is -2.58. The van der Waals surface area contributed by atoms with Crippen LogP contribution in [0, 0.1) is 22.7 Å². The molecule has 0 aromatic carbocycles. The minimum atomic E-state index is -0.860. The van der Waals surface area contributed by atoms with E-state index in [4.69, 9.17) is 9.47 Å². The molecule has 114 valence electrons. The van der Waals surface area contributed by atoms with Crippen LogP contribution < -0.4 is 0 Å². The van der Waals surface area contributed by atoms with Crippen LogP contribution in [0.25, 0.3) is 0 Å². The fourth-order valence-corrected chi connectivity index (χ4v) is 5.27. The van der Waals surface area contributed by atoms with E-state index < -0.39 is 11.5 Å². The summed E-state index contributed by atoms with van der Waals surface area (Å²) in [7, 11) is 0. The van der Waals surface area contributed by atoms with E-state index in [2.05, 4.69) is 6.92 Å². The number of hydrogen-bond acceptors (Lipinski definition) is 5. The molecule has 0 aromatic rings. The molecular weight excluding hydrogens is 272 g/mol. The first-order valence-corrected chi connectivity index (χ1v) is 7.62. The fraction of sp³-hybridized carbons (Fsp3) is 0.750. The van der Waals surface area contributed by atoms with Crippen molar-refractivity contribution in [2.75, 3.05) is 6.61 Å². The van der Waals surface area contributed by atoms with Crippen molar-refractivity contribution < 1.29 is 24.2 Å². The Bertz CT molecular complexity index is 567. The van der Waals surface area contributed by atoms with Gasteiger partial charge in [0, 0.05) is 5.92 Å². The molecule has 2 heterocycles. The Hall–Kier alpha value is -1.36. The van der Waals surface area contributed by atoms with Gasteiger partial charge in [0.15, 0.2) is 0 Å². The van der Waals surface area contributed by atoms with E-state index in [0.717, 1.165) is 12.0 Å². The van der Waals surface area contributed by atoms with Crippen LogP contribution in [-0.4, -0.2) is 35.9 Å². The topological polar surface area (TPSA) is 72.8 Å². The minimum Gasteiger partial charge on any atom is -0.461 e. The lowest BCUT2D eigenvalue weighted by atomic mass is 9.47. The first-order valence-electron chi connectivity index (χ1n) is 7.62. The molecule has 2 saturated heterocycles. The Morgan fingerprint density at radius 1 is 1.33 bits per heavy atom. The first kappa shape index (κ1) is 13.3. The summed E-state index contributed by atoms with van der Waals surface area (Å²) in [4.78, 5) is 24.1. The summed E-state index contributed by atoms with van der Waals surface area (Å²) in [5, 5.41) is 10.4. The SMILES string of the molecule is C[C@@]12CC[C@H](O)[C@]3(C)C(=O)O[C@H](C=C4COC(=O)C[C@@H]41)[C@H]23. The molecule has 5 heteroatoms. The number of aliphatic hydroxyl groups is 1. The van der Waals surface area contributed by atoms with E-state index in [9.17, 15) is 14.7 Å². The minimum absolute atomic E-state index is 0.0686. The molecule has 4 rings (SSSR count). The van der Waals surface area contributed by atoms with Gasteiger partial charge in [-0.2, -0.15) is 0 Å². The van der Waals surface area contributed by atoms with E-state index >= 15 is 0 Å². The van der Waals surface area contributed by atoms with Gasteiger partial charge >= 0.3 is 11.9 Å². The Morgan fingerprint density at radius 3 is 2.86 bits per heavy atom. The molecule has 0 unspecified atom stereocenters. The summed E-state index contributed by atoms with van der Waals surface area (Å²) in [6, 6.07) is 0. The molecule has 4 aliphatic rings. The normalized spacial score (nSPS) is 51.5. The van der Waals surface area contributed by atoms with Crippen molar-refractivity contribution in [1.29, 1.82) is 0 Å². The van der Waals surface area contributed by atoms with Crippen molar-refractivity contribution in [3.05, 3.63) is 11.6 Å². The van der Waals surface area contributed by atoms with E-state index in [1.807, 2.05) is 13.0 Å². The van der Waals surface area contributed by atoms with Crippen LogP contribution in [0.4, 0.5) is 0 Å². The molecule has 0 amide bonds. The average molecular weight is 292 g/mol. The zero-order valence-electron chi connectivity index (χ0n) is 12.3. The highest BCUT2D eigenvalue weighted by atomic mass is 16.6. The fourth-order valence-electron chi connectivity index (χ4n) is 5.27. The lowest BCUT2D eigenvalue weighted by molar-refractivity contribution is -0.161. The van der Waals surface area contributed by atoms with Gasteiger partial charge < -0.3 is 14.6 Å². The Labute approximate surface area is 123 Å². The predicted octanol–water partition coefficient (Wildman–Crippen LogP) is 1.20. The molecular formula is C16H20O5. The molecule has 3 fully saturated rings. The number of aliphatic hydroxyl groups excluding tert-OH is 1. The maximum Gasteiger partial charge on any atom is 0.315 e. The molecule has 0 radical (unpaired) electrons. The summed E-state index contributed by atoms with van der Waals surface area (Å²) in [6.45, 7) is 4.27. The number of esters is 2. The van der Waals surface area contributed by atoms with Crippen molar-refractivity contribution >= 4 is 11.9 Å². The zero-order valence-corrected chi connectivity index (χ0v) is 12.3. The maximum absolute atomic E-state index is 12.4. The number of fused-ring (bicyclic) bond motifs is 2. The summed E-state index contributed by atoms with van der Waals surface area (Å²) in [5.41, 5.74) is 0.0156. The van der Waals surface area contributed by atoms with Crippen LogP contribution in [0.15, 0.2) is 11.6 Å². The summed E-state index contributed by atoms with van der Waals surface area (Å²) >= 11 is 0. The third-order valence-electron chi connectivity index (χ3n) is 6.41.